The number of hydrogen-bond acceptors (Lipinski definition) is 6. The zero-order valence-electron chi connectivity index (χ0n) is 15.0. The summed E-state index contributed by atoms with van der Waals surface area (Å²) in [5.41, 5.74) is 5.40. The molecule has 0 saturated carbocycles. The minimum atomic E-state index is -1.34. The van der Waals surface area contributed by atoms with Crippen molar-refractivity contribution in [3.8, 4) is 0 Å². The predicted octanol–water partition coefficient (Wildman–Crippen LogP) is 1.15. The van der Waals surface area contributed by atoms with Crippen molar-refractivity contribution < 1.29 is 23.6 Å². The van der Waals surface area contributed by atoms with E-state index in [0.29, 0.717) is 32.4 Å². The van der Waals surface area contributed by atoms with E-state index in [2.05, 4.69) is 5.32 Å². The smallest absolute Gasteiger partial charge is 0.301 e. The maximum Gasteiger partial charge on any atom is 0.301 e. The lowest BCUT2D eigenvalue weighted by molar-refractivity contribution is -0.138. The number of carbonyl (C=O) groups excluding carboxylic acids is 4. The van der Waals surface area contributed by atoms with Crippen molar-refractivity contribution in [1.82, 2.24) is 10.2 Å². The van der Waals surface area contributed by atoms with Crippen molar-refractivity contribution in [2.75, 3.05) is 25.4 Å². The van der Waals surface area contributed by atoms with Crippen LogP contribution >= 0.6 is 11.8 Å². The lowest BCUT2D eigenvalue weighted by Crippen LogP contribution is -2.33. The highest BCUT2D eigenvalue weighted by Gasteiger charge is 2.38. The molecular formula is C17H28FN3O4S. The van der Waals surface area contributed by atoms with E-state index in [1.54, 1.807) is 0 Å². The number of likely N-dealkylation sites (tertiary alicyclic amines) is 1. The molecule has 26 heavy (non-hydrogen) atoms. The second-order valence-corrected chi connectivity index (χ2v) is 7.44. The Labute approximate surface area is 157 Å². The summed E-state index contributed by atoms with van der Waals surface area (Å²) in [5, 5.41) is 2.28. The lowest BCUT2D eigenvalue weighted by Gasteiger charge is -2.14. The zero-order chi connectivity index (χ0) is 19.4. The van der Waals surface area contributed by atoms with Gasteiger partial charge in [0.2, 0.25) is 17.7 Å². The van der Waals surface area contributed by atoms with Crippen molar-refractivity contribution in [2.24, 2.45) is 5.73 Å². The summed E-state index contributed by atoms with van der Waals surface area (Å²) in [4.78, 5) is 47.4. The van der Waals surface area contributed by atoms with Crippen LogP contribution in [0.3, 0.4) is 0 Å². The van der Waals surface area contributed by atoms with Crippen LogP contribution in [0.1, 0.15) is 51.4 Å². The molecule has 9 heteroatoms. The quantitative estimate of drug-likeness (QED) is 0.262. The fourth-order valence-electron chi connectivity index (χ4n) is 2.63. The van der Waals surface area contributed by atoms with Crippen LogP contribution in [0.15, 0.2) is 0 Å². The first kappa shape index (κ1) is 22.6. The molecule has 0 radical (unpaired) electrons. The van der Waals surface area contributed by atoms with Crippen molar-refractivity contribution in [3.05, 3.63) is 0 Å². The molecule has 1 aliphatic heterocycles. The standard InChI is InChI=1S/C17H28FN3O4S/c18-14(22)7-3-1-6-10-21-16(24)11-13(17(21)25)26-12-15(23)20-9-5-2-4-8-19/h13H,1-12,19H2,(H,20,23). The lowest BCUT2D eigenvalue weighted by atomic mass is 10.2. The number of hydrogen-bond donors (Lipinski definition) is 2. The fraction of sp³-hybridized carbons (Fsp3) is 0.765. The number of rotatable bonds is 14. The summed E-state index contributed by atoms with van der Waals surface area (Å²) >= 11 is 1.19. The van der Waals surface area contributed by atoms with Crippen LogP contribution in [0.4, 0.5) is 4.39 Å². The van der Waals surface area contributed by atoms with E-state index < -0.39 is 11.3 Å². The Balaban J connectivity index is 2.21. The second-order valence-electron chi connectivity index (χ2n) is 6.25. The Morgan fingerprint density at radius 2 is 1.88 bits per heavy atom. The van der Waals surface area contributed by atoms with Gasteiger partial charge in [0.25, 0.3) is 0 Å². The molecule has 0 bridgehead atoms. The highest BCUT2D eigenvalue weighted by molar-refractivity contribution is 8.01. The van der Waals surface area contributed by atoms with E-state index >= 15 is 0 Å². The minimum absolute atomic E-state index is 0.107. The minimum Gasteiger partial charge on any atom is -0.355 e. The highest BCUT2D eigenvalue weighted by Crippen LogP contribution is 2.25. The number of nitrogens with two attached hydrogens (primary N) is 1. The summed E-state index contributed by atoms with van der Waals surface area (Å²) in [6.07, 6.45) is 4.29. The average molecular weight is 389 g/mol. The van der Waals surface area contributed by atoms with Gasteiger partial charge in [0, 0.05) is 25.9 Å². The molecule has 3 amide bonds. The van der Waals surface area contributed by atoms with E-state index in [4.69, 9.17) is 5.73 Å². The van der Waals surface area contributed by atoms with Gasteiger partial charge in [-0.3, -0.25) is 24.1 Å². The molecule has 148 valence electrons. The number of carbonyl (C=O) groups is 4. The number of nitrogens with one attached hydrogen (secondary N) is 1. The van der Waals surface area contributed by atoms with Crippen molar-refractivity contribution in [1.29, 1.82) is 0 Å². The molecule has 1 atom stereocenters. The monoisotopic (exact) mass is 389 g/mol. The van der Waals surface area contributed by atoms with E-state index in [1.807, 2.05) is 0 Å². The zero-order valence-corrected chi connectivity index (χ0v) is 15.8. The summed E-state index contributed by atoms with van der Waals surface area (Å²) in [5.74, 6) is -0.501. The highest BCUT2D eigenvalue weighted by atomic mass is 32.2. The third-order valence-electron chi connectivity index (χ3n) is 4.08. The Morgan fingerprint density at radius 3 is 2.58 bits per heavy atom. The molecule has 0 aromatic heterocycles. The van der Waals surface area contributed by atoms with Gasteiger partial charge in [-0.25, -0.2) is 0 Å². The largest absolute Gasteiger partial charge is 0.355 e. The second kappa shape index (κ2) is 12.8. The number of imide groups is 1. The van der Waals surface area contributed by atoms with Gasteiger partial charge in [-0.15, -0.1) is 11.8 Å². The molecule has 1 heterocycles. The van der Waals surface area contributed by atoms with Gasteiger partial charge in [0.1, 0.15) is 0 Å². The van der Waals surface area contributed by atoms with Crippen molar-refractivity contribution in [3.63, 3.8) is 0 Å². The fourth-order valence-corrected chi connectivity index (χ4v) is 3.61. The van der Waals surface area contributed by atoms with Crippen LogP contribution in [0.5, 0.6) is 0 Å². The summed E-state index contributed by atoms with van der Waals surface area (Å²) < 4.78 is 12.1. The van der Waals surface area contributed by atoms with Gasteiger partial charge in [0.05, 0.1) is 11.0 Å². The molecule has 7 nitrogen and oxygen atoms in total. The maximum atomic E-state index is 12.3. The molecule has 0 aromatic rings. The van der Waals surface area contributed by atoms with Crippen molar-refractivity contribution in [2.45, 2.75) is 56.6 Å². The predicted molar refractivity (Wildman–Crippen MR) is 98.1 cm³/mol. The molecule has 1 aliphatic rings. The normalized spacial score (nSPS) is 17.0. The van der Waals surface area contributed by atoms with Gasteiger partial charge in [0.15, 0.2) is 0 Å². The van der Waals surface area contributed by atoms with Crippen molar-refractivity contribution >= 4 is 35.5 Å². The first-order valence-electron chi connectivity index (χ1n) is 9.06. The van der Waals surface area contributed by atoms with Gasteiger partial charge in [-0.05, 0) is 32.2 Å². The molecule has 3 N–H and O–H groups in total. The van der Waals surface area contributed by atoms with Gasteiger partial charge < -0.3 is 11.1 Å². The van der Waals surface area contributed by atoms with E-state index in [1.165, 1.54) is 16.7 Å². The van der Waals surface area contributed by atoms with E-state index in [9.17, 15) is 23.6 Å². The van der Waals surface area contributed by atoms with Crippen LogP contribution in [-0.2, 0) is 19.2 Å². The molecule has 1 unspecified atom stereocenters. The third kappa shape index (κ3) is 8.75. The molecule has 1 fully saturated rings. The van der Waals surface area contributed by atoms with Crippen LogP contribution in [0.25, 0.3) is 0 Å². The summed E-state index contributed by atoms with van der Waals surface area (Å²) in [6, 6.07) is -1.34. The third-order valence-corrected chi connectivity index (χ3v) is 5.28. The molecule has 0 aromatic carbocycles. The first-order valence-corrected chi connectivity index (χ1v) is 10.1. The first-order chi connectivity index (χ1) is 12.5. The van der Waals surface area contributed by atoms with E-state index in [-0.39, 0.29) is 42.9 Å². The number of amides is 3. The molecular weight excluding hydrogens is 361 g/mol. The number of nitrogens with zero attached hydrogens (tertiary/aromatic N) is 1. The number of halogens is 1. The SMILES string of the molecule is NCCCCCNC(=O)CSC1CC(=O)N(CCCCCC(=O)F)C1=O. The van der Waals surface area contributed by atoms with E-state index in [0.717, 1.165) is 19.3 Å². The molecule has 0 spiro atoms. The molecule has 0 aliphatic carbocycles. The Bertz CT molecular complexity index is 504. The van der Waals surface area contributed by atoms with Crippen LogP contribution in [0, 0.1) is 0 Å². The van der Waals surface area contributed by atoms with Crippen LogP contribution in [-0.4, -0.2) is 59.3 Å². The Morgan fingerprint density at radius 1 is 1.15 bits per heavy atom. The van der Waals surface area contributed by atoms with Gasteiger partial charge in [-0.1, -0.05) is 12.8 Å². The van der Waals surface area contributed by atoms with Gasteiger partial charge in [-0.2, -0.15) is 4.39 Å². The topological polar surface area (TPSA) is 110 Å². The van der Waals surface area contributed by atoms with Crippen LogP contribution < -0.4 is 11.1 Å². The number of unbranched alkanes of at least 4 members (excludes halogenated alkanes) is 4. The summed E-state index contributed by atoms with van der Waals surface area (Å²) in [7, 11) is 0. The number of thioether (sulfide) groups is 1. The molecule has 1 saturated heterocycles. The molecule has 1 rings (SSSR count). The summed E-state index contributed by atoms with van der Waals surface area (Å²) in [6.45, 7) is 1.51. The maximum absolute atomic E-state index is 12.3. The van der Waals surface area contributed by atoms with Crippen LogP contribution in [0.2, 0.25) is 0 Å². The average Bonchev–Trinajstić information content (AvgIpc) is 2.86. The Kier molecular flexibility index (Phi) is 11.1. The Hall–Kier alpha value is -1.48. The van der Waals surface area contributed by atoms with Gasteiger partial charge >= 0.3 is 6.04 Å².